The highest BCUT2D eigenvalue weighted by Crippen LogP contribution is 2.23. The van der Waals surface area contributed by atoms with Gasteiger partial charge in [-0.05, 0) is 37.6 Å². The van der Waals surface area contributed by atoms with E-state index < -0.39 is 0 Å². The molecular weight excluding hydrogens is 294 g/mol. The van der Waals surface area contributed by atoms with Gasteiger partial charge in [0.25, 0.3) is 5.91 Å². The SMILES string of the molecule is CC1CNCCN1C(=O)COc1ccc(N2CCCC2=O)cc1. The third-order valence-corrected chi connectivity index (χ3v) is 4.41. The molecule has 0 saturated carbocycles. The predicted octanol–water partition coefficient (Wildman–Crippen LogP) is 1.01. The fourth-order valence-electron chi connectivity index (χ4n) is 3.08. The molecule has 2 amide bonds. The number of nitrogens with zero attached hydrogens (tertiary/aromatic N) is 2. The first-order valence-corrected chi connectivity index (χ1v) is 8.18. The number of rotatable bonds is 4. The van der Waals surface area contributed by atoms with E-state index in [1.807, 2.05) is 36.1 Å². The summed E-state index contributed by atoms with van der Waals surface area (Å²) in [7, 11) is 0. The molecule has 1 aromatic rings. The van der Waals surface area contributed by atoms with Gasteiger partial charge in [-0.2, -0.15) is 0 Å². The predicted molar refractivity (Wildman–Crippen MR) is 87.6 cm³/mol. The highest BCUT2D eigenvalue weighted by molar-refractivity contribution is 5.95. The van der Waals surface area contributed by atoms with Crippen molar-refractivity contribution in [2.75, 3.05) is 37.7 Å². The molecule has 2 aliphatic rings. The molecule has 1 N–H and O–H groups in total. The molecule has 2 aliphatic heterocycles. The first kappa shape index (κ1) is 15.8. The van der Waals surface area contributed by atoms with Crippen LogP contribution in [0.4, 0.5) is 5.69 Å². The van der Waals surface area contributed by atoms with Crippen molar-refractivity contribution in [1.29, 1.82) is 0 Å². The maximum absolute atomic E-state index is 12.2. The average molecular weight is 317 g/mol. The van der Waals surface area contributed by atoms with Crippen LogP contribution in [0.1, 0.15) is 19.8 Å². The number of piperazine rings is 1. The van der Waals surface area contributed by atoms with Crippen molar-refractivity contribution < 1.29 is 14.3 Å². The molecule has 0 aromatic heterocycles. The van der Waals surface area contributed by atoms with Gasteiger partial charge in [-0.25, -0.2) is 0 Å². The first-order chi connectivity index (χ1) is 11.1. The lowest BCUT2D eigenvalue weighted by atomic mass is 10.2. The molecule has 1 aromatic carbocycles. The molecule has 0 aliphatic carbocycles. The topological polar surface area (TPSA) is 61.9 Å². The van der Waals surface area contributed by atoms with Gasteiger partial charge in [0.15, 0.2) is 6.61 Å². The molecule has 0 spiro atoms. The monoisotopic (exact) mass is 317 g/mol. The van der Waals surface area contributed by atoms with E-state index in [4.69, 9.17) is 4.74 Å². The van der Waals surface area contributed by atoms with Gasteiger partial charge < -0.3 is 19.9 Å². The zero-order valence-corrected chi connectivity index (χ0v) is 13.5. The Kier molecular flexibility index (Phi) is 4.81. The lowest BCUT2D eigenvalue weighted by Crippen LogP contribution is -2.53. The smallest absolute Gasteiger partial charge is 0.260 e. The van der Waals surface area contributed by atoms with Crippen molar-refractivity contribution in [2.45, 2.75) is 25.8 Å². The molecule has 124 valence electrons. The van der Waals surface area contributed by atoms with E-state index in [0.717, 1.165) is 38.3 Å². The minimum atomic E-state index is 0.0118. The molecule has 2 heterocycles. The number of ether oxygens (including phenoxy) is 1. The average Bonchev–Trinajstić information content (AvgIpc) is 2.99. The minimum absolute atomic E-state index is 0.0118. The van der Waals surface area contributed by atoms with Gasteiger partial charge >= 0.3 is 0 Å². The van der Waals surface area contributed by atoms with Gasteiger partial charge in [0.2, 0.25) is 5.91 Å². The quantitative estimate of drug-likeness (QED) is 0.900. The Hall–Kier alpha value is -2.08. The van der Waals surface area contributed by atoms with Crippen LogP contribution in [0.3, 0.4) is 0 Å². The molecule has 6 nitrogen and oxygen atoms in total. The van der Waals surface area contributed by atoms with Gasteiger partial charge in [-0.3, -0.25) is 9.59 Å². The van der Waals surface area contributed by atoms with Crippen LogP contribution in [-0.2, 0) is 9.59 Å². The Labute approximate surface area is 136 Å². The van der Waals surface area contributed by atoms with Crippen LogP contribution in [0, 0.1) is 0 Å². The molecule has 0 radical (unpaired) electrons. The second kappa shape index (κ2) is 7.00. The summed E-state index contributed by atoms with van der Waals surface area (Å²) in [4.78, 5) is 27.6. The maximum Gasteiger partial charge on any atom is 0.260 e. The molecule has 2 saturated heterocycles. The van der Waals surface area contributed by atoms with E-state index >= 15 is 0 Å². The van der Waals surface area contributed by atoms with Crippen LogP contribution >= 0.6 is 0 Å². The Morgan fingerprint density at radius 3 is 2.74 bits per heavy atom. The summed E-state index contributed by atoms with van der Waals surface area (Å²) in [6.07, 6.45) is 1.53. The van der Waals surface area contributed by atoms with Crippen LogP contribution < -0.4 is 15.0 Å². The number of amides is 2. The van der Waals surface area contributed by atoms with Crippen molar-refractivity contribution >= 4 is 17.5 Å². The number of hydrogen-bond acceptors (Lipinski definition) is 4. The lowest BCUT2D eigenvalue weighted by Gasteiger charge is -2.33. The van der Waals surface area contributed by atoms with Gasteiger partial charge in [0.1, 0.15) is 5.75 Å². The van der Waals surface area contributed by atoms with Gasteiger partial charge in [0, 0.05) is 44.3 Å². The minimum Gasteiger partial charge on any atom is -0.484 e. The third-order valence-electron chi connectivity index (χ3n) is 4.41. The van der Waals surface area contributed by atoms with Crippen LogP contribution in [0.5, 0.6) is 5.75 Å². The summed E-state index contributed by atoms with van der Waals surface area (Å²) in [5.74, 6) is 0.830. The highest BCUT2D eigenvalue weighted by Gasteiger charge is 2.23. The molecule has 2 fully saturated rings. The third kappa shape index (κ3) is 3.64. The lowest BCUT2D eigenvalue weighted by molar-refractivity contribution is -0.136. The summed E-state index contributed by atoms with van der Waals surface area (Å²) < 4.78 is 5.60. The van der Waals surface area contributed by atoms with Crippen LogP contribution in [0.15, 0.2) is 24.3 Å². The van der Waals surface area contributed by atoms with Crippen molar-refractivity contribution in [3.63, 3.8) is 0 Å². The first-order valence-electron chi connectivity index (χ1n) is 8.18. The largest absolute Gasteiger partial charge is 0.484 e. The fraction of sp³-hybridized carbons (Fsp3) is 0.529. The highest BCUT2D eigenvalue weighted by atomic mass is 16.5. The molecule has 1 unspecified atom stereocenters. The van der Waals surface area contributed by atoms with Crippen molar-refractivity contribution in [1.82, 2.24) is 10.2 Å². The summed E-state index contributed by atoms with van der Waals surface area (Å²) >= 11 is 0. The van der Waals surface area contributed by atoms with E-state index in [0.29, 0.717) is 12.2 Å². The second-order valence-corrected chi connectivity index (χ2v) is 6.07. The Balaban J connectivity index is 1.54. The molecular formula is C17H23N3O3. The zero-order valence-electron chi connectivity index (χ0n) is 13.5. The number of carbonyl (C=O) groups is 2. The molecule has 0 bridgehead atoms. The Bertz CT molecular complexity index is 573. The van der Waals surface area contributed by atoms with Gasteiger partial charge in [0.05, 0.1) is 0 Å². The summed E-state index contributed by atoms with van der Waals surface area (Å²) in [6.45, 7) is 5.23. The van der Waals surface area contributed by atoms with Crippen molar-refractivity contribution in [2.24, 2.45) is 0 Å². The van der Waals surface area contributed by atoms with E-state index in [9.17, 15) is 9.59 Å². The fourth-order valence-corrected chi connectivity index (χ4v) is 3.08. The number of hydrogen-bond donors (Lipinski definition) is 1. The van der Waals surface area contributed by atoms with Crippen molar-refractivity contribution in [3.05, 3.63) is 24.3 Å². The Morgan fingerprint density at radius 1 is 1.30 bits per heavy atom. The number of carbonyl (C=O) groups excluding carboxylic acids is 2. The summed E-state index contributed by atoms with van der Waals surface area (Å²) in [5.41, 5.74) is 0.891. The van der Waals surface area contributed by atoms with Crippen LogP contribution in [-0.4, -0.2) is 55.5 Å². The summed E-state index contributed by atoms with van der Waals surface area (Å²) in [6, 6.07) is 7.57. The van der Waals surface area contributed by atoms with Crippen LogP contribution in [0.2, 0.25) is 0 Å². The van der Waals surface area contributed by atoms with E-state index in [1.165, 1.54) is 0 Å². The molecule has 6 heteroatoms. The molecule has 1 atom stereocenters. The van der Waals surface area contributed by atoms with E-state index in [1.54, 1.807) is 4.90 Å². The van der Waals surface area contributed by atoms with Gasteiger partial charge in [-0.1, -0.05) is 0 Å². The molecule has 3 rings (SSSR count). The molecule has 23 heavy (non-hydrogen) atoms. The summed E-state index contributed by atoms with van der Waals surface area (Å²) in [5, 5.41) is 3.26. The normalized spacial score (nSPS) is 21.6. The van der Waals surface area contributed by atoms with Crippen LogP contribution in [0.25, 0.3) is 0 Å². The number of anilines is 1. The number of benzene rings is 1. The van der Waals surface area contributed by atoms with E-state index in [2.05, 4.69) is 5.32 Å². The standard InChI is InChI=1S/C17H23N3O3/c1-13-11-18-8-10-19(13)17(22)12-23-15-6-4-14(5-7-15)20-9-2-3-16(20)21/h4-7,13,18H,2-3,8-12H2,1H3. The Morgan fingerprint density at radius 2 is 2.09 bits per heavy atom. The van der Waals surface area contributed by atoms with Crippen molar-refractivity contribution in [3.8, 4) is 5.75 Å². The maximum atomic E-state index is 12.2. The second-order valence-electron chi connectivity index (χ2n) is 6.07. The van der Waals surface area contributed by atoms with Gasteiger partial charge in [-0.15, -0.1) is 0 Å². The number of nitrogens with one attached hydrogen (secondary N) is 1. The zero-order chi connectivity index (χ0) is 16.2. The van der Waals surface area contributed by atoms with E-state index in [-0.39, 0.29) is 24.5 Å².